The molecule has 1 atom stereocenters. The highest BCUT2D eigenvalue weighted by atomic mass is 32.1. The Bertz CT molecular complexity index is 779. The molecule has 0 saturated carbocycles. The lowest BCUT2D eigenvalue weighted by molar-refractivity contribution is 0.170. The zero-order valence-electron chi connectivity index (χ0n) is 17.6. The van der Waals surface area contributed by atoms with E-state index in [9.17, 15) is 0 Å². The van der Waals surface area contributed by atoms with E-state index in [2.05, 4.69) is 38.0 Å². The number of nitrogens with one attached hydrogen (secondary N) is 2. The molecule has 2 aromatic rings. The van der Waals surface area contributed by atoms with Crippen LogP contribution in [-0.4, -0.2) is 51.3 Å². The molecule has 1 saturated heterocycles. The summed E-state index contributed by atoms with van der Waals surface area (Å²) in [7, 11) is 3.45. The van der Waals surface area contributed by atoms with E-state index in [0.29, 0.717) is 18.3 Å². The van der Waals surface area contributed by atoms with E-state index in [-0.39, 0.29) is 0 Å². The van der Waals surface area contributed by atoms with Crippen LogP contribution in [0.3, 0.4) is 0 Å². The Morgan fingerprint density at radius 1 is 1.31 bits per heavy atom. The van der Waals surface area contributed by atoms with Crippen LogP contribution in [0.1, 0.15) is 24.6 Å². The van der Waals surface area contributed by atoms with Crippen LogP contribution in [0.2, 0.25) is 0 Å². The topological polar surface area (TPSA) is 58.1 Å². The van der Waals surface area contributed by atoms with E-state index in [4.69, 9.17) is 9.47 Å². The largest absolute Gasteiger partial charge is 0.493 e. The number of hydrogen-bond donors (Lipinski definition) is 2. The number of aliphatic imine (C=N–C) groups is 1. The number of thiophene rings is 1. The summed E-state index contributed by atoms with van der Waals surface area (Å²) in [5, 5.41) is 8.99. The molecule has 1 aromatic carbocycles. The van der Waals surface area contributed by atoms with E-state index >= 15 is 0 Å². The van der Waals surface area contributed by atoms with Gasteiger partial charge in [0.25, 0.3) is 0 Å². The van der Waals surface area contributed by atoms with Gasteiger partial charge in [0.2, 0.25) is 0 Å². The third kappa shape index (κ3) is 6.37. The molecular weight excluding hydrogens is 384 g/mol. The first-order valence-corrected chi connectivity index (χ1v) is 11.1. The molecule has 1 aliphatic rings. The van der Waals surface area contributed by atoms with Crippen LogP contribution in [0, 0.1) is 5.92 Å². The van der Waals surface area contributed by atoms with Gasteiger partial charge in [0, 0.05) is 43.3 Å². The van der Waals surface area contributed by atoms with Crippen molar-refractivity contribution in [2.75, 3.05) is 45.7 Å². The first kappa shape index (κ1) is 21.5. The molecule has 7 heteroatoms. The maximum atomic E-state index is 5.59. The standard InChI is InChI=1S/C22H32N4O2S/c1-4-28-20-10-9-18(13-21(20)27-3)25-22(23-2)24-14-17-7-5-11-26(15-17)16-19-8-6-12-29-19/h6,8-10,12-13,17H,4-5,7,11,14-16H2,1-3H3,(H2,23,24,25). The molecule has 2 N–H and O–H groups in total. The van der Waals surface area contributed by atoms with Gasteiger partial charge in [-0.1, -0.05) is 6.07 Å². The minimum Gasteiger partial charge on any atom is -0.493 e. The second-order valence-corrected chi connectivity index (χ2v) is 8.23. The summed E-state index contributed by atoms with van der Waals surface area (Å²) in [6, 6.07) is 10.2. The molecule has 1 aromatic heterocycles. The molecule has 6 nitrogen and oxygen atoms in total. The van der Waals surface area contributed by atoms with Gasteiger partial charge in [-0.15, -0.1) is 11.3 Å². The molecule has 1 unspecified atom stereocenters. The van der Waals surface area contributed by atoms with Gasteiger partial charge in [0.15, 0.2) is 17.5 Å². The number of methoxy groups -OCH3 is 1. The highest BCUT2D eigenvalue weighted by molar-refractivity contribution is 7.09. The van der Waals surface area contributed by atoms with Crippen LogP contribution in [0.5, 0.6) is 11.5 Å². The smallest absolute Gasteiger partial charge is 0.195 e. The first-order valence-electron chi connectivity index (χ1n) is 10.2. The van der Waals surface area contributed by atoms with E-state index in [1.54, 1.807) is 14.2 Å². The Morgan fingerprint density at radius 2 is 2.21 bits per heavy atom. The number of piperidine rings is 1. The second-order valence-electron chi connectivity index (χ2n) is 7.20. The minimum absolute atomic E-state index is 0.608. The molecule has 1 aliphatic heterocycles. The maximum Gasteiger partial charge on any atom is 0.195 e. The molecule has 3 rings (SSSR count). The van der Waals surface area contributed by atoms with Crippen LogP contribution in [0.25, 0.3) is 0 Å². The summed E-state index contributed by atoms with van der Waals surface area (Å²) in [4.78, 5) is 8.38. The van der Waals surface area contributed by atoms with E-state index in [1.165, 1.54) is 24.3 Å². The van der Waals surface area contributed by atoms with Crippen LogP contribution >= 0.6 is 11.3 Å². The van der Waals surface area contributed by atoms with Crippen molar-refractivity contribution in [1.82, 2.24) is 10.2 Å². The Morgan fingerprint density at radius 3 is 2.93 bits per heavy atom. The van der Waals surface area contributed by atoms with Crippen molar-refractivity contribution in [2.24, 2.45) is 10.9 Å². The third-order valence-electron chi connectivity index (χ3n) is 5.07. The van der Waals surface area contributed by atoms with Crippen LogP contribution in [-0.2, 0) is 6.54 Å². The number of hydrogen-bond acceptors (Lipinski definition) is 5. The zero-order chi connectivity index (χ0) is 20.5. The molecule has 158 valence electrons. The lowest BCUT2D eigenvalue weighted by Gasteiger charge is -2.32. The Hall–Kier alpha value is -2.25. The third-order valence-corrected chi connectivity index (χ3v) is 5.93. The van der Waals surface area contributed by atoms with Gasteiger partial charge in [-0.3, -0.25) is 9.89 Å². The average molecular weight is 417 g/mol. The van der Waals surface area contributed by atoms with Gasteiger partial charge >= 0.3 is 0 Å². The van der Waals surface area contributed by atoms with Crippen molar-refractivity contribution in [3.63, 3.8) is 0 Å². The van der Waals surface area contributed by atoms with Crippen molar-refractivity contribution in [2.45, 2.75) is 26.3 Å². The van der Waals surface area contributed by atoms with E-state index in [1.807, 2.05) is 36.5 Å². The van der Waals surface area contributed by atoms with Crippen molar-refractivity contribution in [3.8, 4) is 11.5 Å². The van der Waals surface area contributed by atoms with Crippen molar-refractivity contribution < 1.29 is 9.47 Å². The molecule has 2 heterocycles. The predicted molar refractivity (Wildman–Crippen MR) is 121 cm³/mol. The van der Waals surface area contributed by atoms with Crippen LogP contribution < -0.4 is 20.1 Å². The number of ether oxygens (including phenoxy) is 2. The van der Waals surface area contributed by atoms with Crippen molar-refractivity contribution in [3.05, 3.63) is 40.6 Å². The molecular formula is C22H32N4O2S. The Balaban J connectivity index is 1.51. The number of anilines is 1. The average Bonchev–Trinajstić information content (AvgIpc) is 3.25. The highest BCUT2D eigenvalue weighted by Gasteiger charge is 2.20. The normalized spacial score (nSPS) is 17.8. The zero-order valence-corrected chi connectivity index (χ0v) is 18.4. The molecule has 0 spiro atoms. The number of guanidine groups is 1. The number of nitrogens with zero attached hydrogens (tertiary/aromatic N) is 2. The molecule has 0 bridgehead atoms. The predicted octanol–water partition coefficient (Wildman–Crippen LogP) is 4.05. The fourth-order valence-electron chi connectivity index (χ4n) is 3.66. The highest BCUT2D eigenvalue weighted by Crippen LogP contribution is 2.30. The fourth-order valence-corrected chi connectivity index (χ4v) is 4.41. The SMILES string of the molecule is CCOc1ccc(NC(=NC)NCC2CCCN(Cc3cccs3)C2)cc1OC. The quantitative estimate of drug-likeness (QED) is 0.502. The van der Waals surface area contributed by atoms with E-state index in [0.717, 1.165) is 37.0 Å². The summed E-state index contributed by atoms with van der Waals surface area (Å²) in [5.74, 6) is 2.85. The summed E-state index contributed by atoms with van der Waals surface area (Å²) >= 11 is 1.84. The van der Waals surface area contributed by atoms with Gasteiger partial charge in [-0.25, -0.2) is 0 Å². The van der Waals surface area contributed by atoms with Crippen molar-refractivity contribution >= 4 is 23.0 Å². The van der Waals surface area contributed by atoms with Crippen LogP contribution in [0.15, 0.2) is 40.7 Å². The Kier molecular flexibility index (Phi) is 8.19. The number of benzene rings is 1. The molecule has 0 aliphatic carbocycles. The van der Waals surface area contributed by atoms with Crippen molar-refractivity contribution in [1.29, 1.82) is 0 Å². The molecule has 1 fully saturated rings. The summed E-state index contributed by atoms with van der Waals surface area (Å²) in [5.41, 5.74) is 0.918. The summed E-state index contributed by atoms with van der Waals surface area (Å²) < 4.78 is 11.0. The van der Waals surface area contributed by atoms with E-state index < -0.39 is 0 Å². The monoisotopic (exact) mass is 416 g/mol. The minimum atomic E-state index is 0.608. The molecule has 29 heavy (non-hydrogen) atoms. The van der Waals surface area contributed by atoms with Gasteiger partial charge in [0.1, 0.15) is 0 Å². The second kappa shape index (κ2) is 11.1. The fraction of sp³-hybridized carbons (Fsp3) is 0.500. The maximum absolute atomic E-state index is 5.59. The van der Waals surface area contributed by atoms with Gasteiger partial charge in [-0.2, -0.15) is 0 Å². The molecule has 0 radical (unpaired) electrons. The van der Waals surface area contributed by atoms with Gasteiger partial charge < -0.3 is 20.1 Å². The number of rotatable bonds is 8. The van der Waals surface area contributed by atoms with Crippen LogP contribution in [0.4, 0.5) is 5.69 Å². The lowest BCUT2D eigenvalue weighted by Crippen LogP contribution is -2.42. The summed E-state index contributed by atoms with van der Waals surface area (Å²) in [6.07, 6.45) is 2.50. The number of likely N-dealkylation sites (tertiary alicyclic amines) is 1. The van der Waals surface area contributed by atoms with Gasteiger partial charge in [0.05, 0.1) is 13.7 Å². The molecule has 0 amide bonds. The lowest BCUT2D eigenvalue weighted by atomic mass is 9.98. The summed E-state index contributed by atoms with van der Waals surface area (Å²) in [6.45, 7) is 6.86. The Labute approximate surface area is 177 Å². The van der Waals surface area contributed by atoms with Gasteiger partial charge in [-0.05, 0) is 55.8 Å². The first-order chi connectivity index (χ1) is 14.2.